The Hall–Kier alpha value is -2.98. The monoisotopic (exact) mass is 441 g/mol. The van der Waals surface area contributed by atoms with Gasteiger partial charge in [-0.2, -0.15) is 18.2 Å². The molecule has 2 heterocycles. The predicted octanol–water partition coefficient (Wildman–Crippen LogP) is 5.45. The summed E-state index contributed by atoms with van der Waals surface area (Å²) >= 11 is 6.94. The van der Waals surface area contributed by atoms with Crippen molar-refractivity contribution < 1.29 is 22.3 Å². The van der Waals surface area contributed by atoms with Gasteiger partial charge in [0.15, 0.2) is 10.3 Å². The lowest BCUT2D eigenvalue weighted by molar-refractivity contribution is -0.137. The normalized spacial score (nSPS) is 11.8. The first-order chi connectivity index (χ1) is 13.8. The third kappa shape index (κ3) is 3.56. The summed E-state index contributed by atoms with van der Waals surface area (Å²) in [6.07, 6.45) is -4.69. The summed E-state index contributed by atoms with van der Waals surface area (Å²) in [6, 6.07) is 7.66. The van der Waals surface area contributed by atoms with Crippen molar-refractivity contribution in [1.29, 1.82) is 0 Å². The Morgan fingerprint density at radius 1 is 1.10 bits per heavy atom. The Balaban J connectivity index is 1.92. The molecule has 0 spiro atoms. The molecule has 0 radical (unpaired) electrons. The summed E-state index contributed by atoms with van der Waals surface area (Å²) in [5.74, 6) is -0.874. The van der Waals surface area contributed by atoms with Crippen LogP contribution in [-0.2, 0) is 6.18 Å². The van der Waals surface area contributed by atoms with Crippen molar-refractivity contribution in [2.45, 2.75) is 6.18 Å². The van der Waals surface area contributed by atoms with E-state index in [0.717, 1.165) is 40.2 Å². The minimum Gasteiger partial charge on any atom is -0.424 e. The van der Waals surface area contributed by atoms with Crippen LogP contribution in [0.3, 0.4) is 0 Å². The first-order valence-corrected chi connectivity index (χ1v) is 9.17. The van der Waals surface area contributed by atoms with Gasteiger partial charge in [-0.3, -0.25) is 4.79 Å². The molecule has 0 fully saturated rings. The molecule has 2 aromatic carbocycles. The van der Waals surface area contributed by atoms with E-state index in [0.29, 0.717) is 0 Å². The van der Waals surface area contributed by atoms with Crippen molar-refractivity contribution in [2.24, 2.45) is 0 Å². The molecule has 5 nitrogen and oxygen atoms in total. The summed E-state index contributed by atoms with van der Waals surface area (Å²) < 4.78 is 59.2. The highest BCUT2D eigenvalue weighted by molar-refractivity contribution is 7.16. The number of nitrogens with zero attached hydrogens (tertiary/aromatic N) is 3. The van der Waals surface area contributed by atoms with Gasteiger partial charge in [-0.25, -0.2) is 13.9 Å². The molecule has 11 heteroatoms. The number of ether oxygens (including phenoxy) is 1. The van der Waals surface area contributed by atoms with Gasteiger partial charge in [0.1, 0.15) is 11.6 Å². The number of fused-ring (bicyclic) bond motifs is 1. The summed E-state index contributed by atoms with van der Waals surface area (Å²) in [7, 11) is 0. The van der Waals surface area contributed by atoms with Crippen LogP contribution in [0.25, 0.3) is 16.0 Å². The Morgan fingerprint density at radius 3 is 2.52 bits per heavy atom. The third-order valence-corrected chi connectivity index (χ3v) is 5.01. The van der Waals surface area contributed by atoms with Crippen molar-refractivity contribution in [1.82, 2.24) is 14.5 Å². The lowest BCUT2D eigenvalue weighted by atomic mass is 10.2. The molecule has 0 bridgehead atoms. The quantitative estimate of drug-likeness (QED) is 0.397. The van der Waals surface area contributed by atoms with Crippen LogP contribution in [0.15, 0.2) is 52.8 Å². The van der Waals surface area contributed by atoms with E-state index in [1.54, 1.807) is 0 Å². The molecule has 0 saturated carbocycles. The second-order valence-electron chi connectivity index (χ2n) is 5.73. The van der Waals surface area contributed by atoms with E-state index in [9.17, 15) is 22.4 Å². The molecule has 29 heavy (non-hydrogen) atoms. The topological polar surface area (TPSA) is 57.0 Å². The number of rotatable bonds is 3. The number of halogens is 5. The lowest BCUT2D eigenvalue weighted by Gasteiger charge is -2.15. The van der Waals surface area contributed by atoms with Crippen LogP contribution < -0.4 is 10.3 Å². The van der Waals surface area contributed by atoms with E-state index in [1.807, 2.05) is 0 Å². The van der Waals surface area contributed by atoms with Gasteiger partial charge in [-0.15, -0.1) is 11.3 Å². The molecule has 0 aliphatic carbocycles. The fraction of sp³-hybridized carbons (Fsp3) is 0.0556. The molecule has 148 valence electrons. The maximum absolute atomic E-state index is 13.3. The zero-order valence-electron chi connectivity index (χ0n) is 14.1. The smallest absolute Gasteiger partial charge is 0.417 e. The van der Waals surface area contributed by atoms with Crippen molar-refractivity contribution in [3.8, 4) is 17.4 Å². The maximum Gasteiger partial charge on any atom is 0.417 e. The van der Waals surface area contributed by atoms with E-state index in [4.69, 9.17) is 16.3 Å². The number of aromatic nitrogens is 3. The van der Waals surface area contributed by atoms with E-state index in [2.05, 4.69) is 9.97 Å². The molecular weight excluding hydrogens is 434 g/mol. The molecule has 0 saturated heterocycles. The van der Waals surface area contributed by atoms with Gasteiger partial charge in [-0.1, -0.05) is 17.7 Å². The highest BCUT2D eigenvalue weighted by atomic mass is 35.5. The molecule has 0 atom stereocenters. The van der Waals surface area contributed by atoms with Crippen molar-refractivity contribution in [3.63, 3.8) is 0 Å². The average Bonchev–Trinajstić information content (AvgIpc) is 3.13. The SMILES string of the molecule is O=c1c2ncsc2nc(Oc2cccc(C(F)(F)F)c2Cl)n1-c1ccc(F)cc1. The van der Waals surface area contributed by atoms with Gasteiger partial charge in [0.05, 0.1) is 21.8 Å². The molecule has 4 aromatic rings. The second kappa shape index (κ2) is 7.12. The molecule has 0 unspecified atom stereocenters. The molecule has 0 amide bonds. The molecule has 0 aliphatic heterocycles. The number of hydrogen-bond donors (Lipinski definition) is 0. The highest BCUT2D eigenvalue weighted by Crippen LogP contribution is 2.40. The number of thiazole rings is 1. The van der Waals surface area contributed by atoms with Crippen LogP contribution in [-0.4, -0.2) is 14.5 Å². The van der Waals surface area contributed by atoms with Gasteiger partial charge in [0, 0.05) is 0 Å². The predicted molar refractivity (Wildman–Crippen MR) is 99.5 cm³/mol. The van der Waals surface area contributed by atoms with Crippen molar-refractivity contribution >= 4 is 33.3 Å². The molecule has 2 aromatic heterocycles. The Labute approximate surface area is 168 Å². The van der Waals surface area contributed by atoms with Gasteiger partial charge >= 0.3 is 12.2 Å². The first kappa shape index (κ1) is 19.3. The largest absolute Gasteiger partial charge is 0.424 e. The van der Waals surface area contributed by atoms with Crippen LogP contribution in [0.1, 0.15) is 5.56 Å². The van der Waals surface area contributed by atoms with Gasteiger partial charge in [-0.05, 0) is 36.4 Å². The van der Waals surface area contributed by atoms with Gasteiger partial charge < -0.3 is 4.74 Å². The summed E-state index contributed by atoms with van der Waals surface area (Å²) in [6.45, 7) is 0. The van der Waals surface area contributed by atoms with Crippen LogP contribution in [0, 0.1) is 5.82 Å². The average molecular weight is 442 g/mol. The molecule has 0 N–H and O–H groups in total. The van der Waals surface area contributed by atoms with Gasteiger partial charge in [0.25, 0.3) is 5.56 Å². The maximum atomic E-state index is 13.3. The lowest BCUT2D eigenvalue weighted by Crippen LogP contribution is -2.21. The van der Waals surface area contributed by atoms with Crippen LogP contribution >= 0.6 is 22.9 Å². The minimum atomic E-state index is -4.69. The van der Waals surface area contributed by atoms with Crippen LogP contribution in [0.2, 0.25) is 5.02 Å². The van der Waals surface area contributed by atoms with Gasteiger partial charge in [0.2, 0.25) is 0 Å². The minimum absolute atomic E-state index is 0.0433. The van der Waals surface area contributed by atoms with Crippen molar-refractivity contribution in [2.75, 3.05) is 0 Å². The second-order valence-corrected chi connectivity index (χ2v) is 6.95. The standard InChI is InChI=1S/C18H8ClF4N3O2S/c19-13-11(18(21,22)23)2-1-3-12(13)28-17-25-15-14(24-8-29-15)16(27)26(17)10-6-4-9(20)5-7-10/h1-8H. The zero-order valence-corrected chi connectivity index (χ0v) is 15.6. The number of alkyl halides is 3. The molecular formula is C18H8ClF4N3O2S. The summed E-state index contributed by atoms with van der Waals surface area (Å²) in [5, 5.41) is -0.677. The summed E-state index contributed by atoms with van der Waals surface area (Å²) in [5.41, 5.74) is -0.0827. The van der Waals surface area contributed by atoms with E-state index >= 15 is 0 Å². The number of hydrogen-bond acceptors (Lipinski definition) is 5. The fourth-order valence-corrected chi connectivity index (χ4v) is 3.50. The fourth-order valence-electron chi connectivity index (χ4n) is 2.59. The Kier molecular flexibility index (Phi) is 4.75. The molecule has 0 aliphatic rings. The highest BCUT2D eigenvalue weighted by Gasteiger charge is 2.34. The first-order valence-electron chi connectivity index (χ1n) is 7.91. The Bertz CT molecular complexity index is 1270. The van der Waals surface area contributed by atoms with Crippen LogP contribution in [0.5, 0.6) is 11.8 Å². The Morgan fingerprint density at radius 2 is 1.83 bits per heavy atom. The summed E-state index contributed by atoms with van der Waals surface area (Å²) in [4.78, 5) is 21.2. The molecule has 4 rings (SSSR count). The van der Waals surface area contributed by atoms with Crippen LogP contribution in [0.4, 0.5) is 17.6 Å². The van der Waals surface area contributed by atoms with E-state index in [1.165, 1.54) is 23.7 Å². The third-order valence-electron chi connectivity index (χ3n) is 3.90. The van der Waals surface area contributed by atoms with E-state index < -0.39 is 28.1 Å². The zero-order chi connectivity index (χ0) is 20.8. The van der Waals surface area contributed by atoms with E-state index in [-0.39, 0.29) is 27.8 Å². The van der Waals surface area contributed by atoms with Crippen molar-refractivity contribution in [3.05, 3.63) is 74.7 Å². The number of benzene rings is 2.